The fourth-order valence-corrected chi connectivity index (χ4v) is 5.66. The van der Waals surface area contributed by atoms with E-state index in [0.717, 1.165) is 0 Å². The highest BCUT2D eigenvalue weighted by Crippen LogP contribution is 2.58. The van der Waals surface area contributed by atoms with Crippen LogP contribution in [-0.2, 0) is 36.3 Å². The number of nitrogens with zero attached hydrogens (tertiary/aromatic N) is 1. The quantitative estimate of drug-likeness (QED) is 0.221. The van der Waals surface area contributed by atoms with Crippen LogP contribution in [0.2, 0.25) is 0 Å². The first-order valence-electron chi connectivity index (χ1n) is 8.26. The van der Waals surface area contributed by atoms with Crippen molar-refractivity contribution in [3.8, 4) is 0 Å². The summed E-state index contributed by atoms with van der Waals surface area (Å²) in [6.45, 7) is 12.0. The zero-order valence-electron chi connectivity index (χ0n) is 15.7. The lowest BCUT2D eigenvalue weighted by molar-refractivity contribution is -0.0162. The molecule has 3 unspecified atom stereocenters. The zero-order valence-corrected chi connectivity index (χ0v) is 18.4. The van der Waals surface area contributed by atoms with Gasteiger partial charge in [-0.05, 0) is 20.1 Å². The van der Waals surface area contributed by atoms with Crippen molar-refractivity contribution in [2.75, 3.05) is 26.4 Å². The average Bonchev–Trinajstić information content (AvgIpc) is 2.79. The van der Waals surface area contributed by atoms with Crippen LogP contribution in [0.1, 0.15) is 20.8 Å². The Labute approximate surface area is 163 Å². The van der Waals surface area contributed by atoms with Crippen molar-refractivity contribution in [2.24, 2.45) is 5.92 Å². The highest BCUT2D eigenvalue weighted by atomic mass is 31.3. The second kappa shape index (κ2) is 10.8. The molecule has 15 heteroatoms. The number of rotatable bonds is 12. The van der Waals surface area contributed by atoms with Crippen LogP contribution < -0.4 is 0 Å². The standard InChI is InChI=1S/C13H26NO11P3/c1-6-20-26(5,21-8-7-14-4)24-13-10(2)11(3)23-12(13)9-22-28(18,19)25-27(15,16)17/h10-13H,5-9H2,1-3H3,(H,18,19)(H2,15,16,17)/t10-,11-,12?,13-,26?/m0/s1. The summed E-state index contributed by atoms with van der Waals surface area (Å²) in [5.41, 5.74) is 0. The second-order valence-corrected chi connectivity index (χ2v) is 10.7. The number of phosphoric ester groups is 1. The molecule has 0 aromatic carbocycles. The Balaban J connectivity index is 2.85. The molecule has 0 spiro atoms. The van der Waals surface area contributed by atoms with Gasteiger partial charge in [0.05, 0.1) is 25.4 Å². The maximum atomic E-state index is 11.7. The molecule has 0 radical (unpaired) electrons. The minimum atomic E-state index is -5.23. The number of ether oxygens (including phenoxy) is 1. The van der Waals surface area contributed by atoms with E-state index in [-0.39, 0.29) is 31.8 Å². The smallest absolute Gasteiger partial charge is 0.370 e. The van der Waals surface area contributed by atoms with Gasteiger partial charge in [0.25, 0.3) is 7.57 Å². The van der Waals surface area contributed by atoms with Crippen molar-refractivity contribution in [1.82, 2.24) is 0 Å². The molecule has 0 amide bonds. The van der Waals surface area contributed by atoms with Crippen molar-refractivity contribution in [1.29, 1.82) is 0 Å². The molecule has 164 valence electrons. The number of hydrogen-bond acceptors (Lipinski definition) is 8. The molecule has 1 saturated heterocycles. The van der Waals surface area contributed by atoms with Crippen molar-refractivity contribution < 1.29 is 51.0 Å². The summed E-state index contributed by atoms with van der Waals surface area (Å²) in [7, 11) is -13.3. The molecule has 0 aliphatic carbocycles. The van der Waals surface area contributed by atoms with E-state index < -0.39 is 42.0 Å². The fraction of sp³-hybridized carbons (Fsp3) is 0.846. The molecular formula is C13H26NO11P3. The van der Waals surface area contributed by atoms with Crippen LogP contribution in [0.5, 0.6) is 0 Å². The third-order valence-electron chi connectivity index (χ3n) is 3.73. The lowest BCUT2D eigenvalue weighted by Gasteiger charge is -2.30. The van der Waals surface area contributed by atoms with Crippen LogP contribution >= 0.6 is 23.2 Å². The van der Waals surface area contributed by atoms with Gasteiger partial charge in [-0.3, -0.25) is 4.52 Å². The monoisotopic (exact) mass is 465 g/mol. The first-order chi connectivity index (χ1) is 12.8. The molecule has 0 aromatic heterocycles. The molecule has 0 aromatic rings. The number of phosphoric acid groups is 2. The van der Waals surface area contributed by atoms with Gasteiger partial charge >= 0.3 is 15.6 Å². The lowest BCUT2D eigenvalue weighted by Crippen LogP contribution is -2.32. The molecule has 1 aliphatic heterocycles. The number of hydrogen-bond donors (Lipinski definition) is 3. The zero-order chi connectivity index (χ0) is 21.6. The molecule has 1 aliphatic rings. The van der Waals surface area contributed by atoms with Crippen LogP contribution in [-0.4, -0.2) is 65.7 Å². The van der Waals surface area contributed by atoms with E-state index in [0.29, 0.717) is 0 Å². The van der Waals surface area contributed by atoms with Gasteiger partial charge < -0.3 is 37.8 Å². The van der Waals surface area contributed by atoms with Crippen LogP contribution in [0.4, 0.5) is 0 Å². The van der Waals surface area contributed by atoms with Crippen LogP contribution in [0.25, 0.3) is 4.85 Å². The van der Waals surface area contributed by atoms with E-state index in [1.165, 1.54) is 0 Å². The summed E-state index contributed by atoms with van der Waals surface area (Å²) in [6, 6.07) is 0. The highest BCUT2D eigenvalue weighted by molar-refractivity contribution is 7.60. The van der Waals surface area contributed by atoms with Gasteiger partial charge in [-0.2, -0.15) is 4.31 Å². The Kier molecular flexibility index (Phi) is 9.98. The van der Waals surface area contributed by atoms with Crippen molar-refractivity contribution in [3.63, 3.8) is 0 Å². The minimum Gasteiger partial charge on any atom is -0.370 e. The van der Waals surface area contributed by atoms with Crippen molar-refractivity contribution in [2.45, 2.75) is 39.1 Å². The highest BCUT2D eigenvalue weighted by Gasteiger charge is 2.45. The average molecular weight is 465 g/mol. The van der Waals surface area contributed by atoms with E-state index >= 15 is 0 Å². The predicted molar refractivity (Wildman–Crippen MR) is 100 cm³/mol. The third-order valence-corrected chi connectivity index (χ3v) is 7.67. The van der Waals surface area contributed by atoms with Gasteiger partial charge in [-0.25, -0.2) is 15.7 Å². The van der Waals surface area contributed by atoms with Gasteiger partial charge in [-0.1, -0.05) is 6.92 Å². The van der Waals surface area contributed by atoms with Crippen LogP contribution in [0.3, 0.4) is 0 Å². The molecule has 1 fully saturated rings. The SMILES string of the molecule is [C-]#[N+]CCOP(=C)(OCC)O[C@@H]1C(COP(=O)(O)OP(=O)(O)O)O[C@@H](C)[C@@H]1C. The topological polar surface area (TPSA) is 155 Å². The Morgan fingerprint density at radius 1 is 1.18 bits per heavy atom. The summed E-state index contributed by atoms with van der Waals surface area (Å²) in [5, 5.41) is 0. The summed E-state index contributed by atoms with van der Waals surface area (Å²) < 4.78 is 53.4. The predicted octanol–water partition coefficient (Wildman–Crippen LogP) is 2.19. The Bertz CT molecular complexity index is 690. The molecule has 0 saturated carbocycles. The van der Waals surface area contributed by atoms with E-state index in [2.05, 4.69) is 20.0 Å². The van der Waals surface area contributed by atoms with Gasteiger partial charge in [0.2, 0.25) is 6.54 Å². The molecular weight excluding hydrogens is 439 g/mol. The van der Waals surface area contributed by atoms with Crippen molar-refractivity contribution >= 4 is 29.5 Å². The first-order valence-corrected chi connectivity index (χ1v) is 13.0. The minimum absolute atomic E-state index is 0.0570. The van der Waals surface area contributed by atoms with Gasteiger partial charge in [0.15, 0.2) is 0 Å². The summed E-state index contributed by atoms with van der Waals surface area (Å²) >= 11 is 0. The normalized spacial score (nSPS) is 29.8. The Morgan fingerprint density at radius 3 is 2.36 bits per heavy atom. The Hall–Kier alpha value is -0.110. The first kappa shape index (κ1) is 25.9. The van der Waals surface area contributed by atoms with E-state index in [4.69, 9.17) is 34.7 Å². The summed E-state index contributed by atoms with van der Waals surface area (Å²) in [6.07, 6.45) is 1.95. The van der Waals surface area contributed by atoms with E-state index in [9.17, 15) is 14.0 Å². The largest absolute Gasteiger partial charge is 0.481 e. The lowest BCUT2D eigenvalue weighted by atomic mass is 10.00. The van der Waals surface area contributed by atoms with E-state index in [1.54, 1.807) is 13.8 Å². The van der Waals surface area contributed by atoms with Gasteiger partial charge in [0, 0.05) is 5.92 Å². The van der Waals surface area contributed by atoms with Gasteiger partial charge in [0.1, 0.15) is 12.7 Å². The summed E-state index contributed by atoms with van der Waals surface area (Å²) in [4.78, 5) is 29.9. The van der Waals surface area contributed by atoms with E-state index in [1.807, 2.05) is 6.92 Å². The maximum Gasteiger partial charge on any atom is 0.481 e. The molecule has 3 N–H and O–H groups in total. The molecule has 1 heterocycles. The van der Waals surface area contributed by atoms with Crippen molar-refractivity contribution in [3.05, 3.63) is 11.4 Å². The molecule has 12 nitrogen and oxygen atoms in total. The maximum absolute atomic E-state index is 11.7. The van der Waals surface area contributed by atoms with Crippen LogP contribution in [0, 0.1) is 12.5 Å². The molecule has 6 atom stereocenters. The van der Waals surface area contributed by atoms with Crippen LogP contribution in [0.15, 0.2) is 0 Å². The molecule has 1 rings (SSSR count). The van der Waals surface area contributed by atoms with Gasteiger partial charge in [-0.15, -0.1) is 0 Å². The molecule has 28 heavy (non-hydrogen) atoms. The third kappa shape index (κ3) is 8.72. The Morgan fingerprint density at radius 2 is 1.82 bits per heavy atom. The summed E-state index contributed by atoms with van der Waals surface area (Å²) in [5.74, 6) is -0.208. The molecule has 0 bridgehead atoms. The fourth-order valence-electron chi connectivity index (χ4n) is 2.41. The second-order valence-electron chi connectivity index (χ2n) is 5.89.